The van der Waals surface area contributed by atoms with Crippen LogP contribution in [0.4, 0.5) is 18.9 Å². The van der Waals surface area contributed by atoms with Gasteiger partial charge in [0.2, 0.25) is 5.91 Å². The van der Waals surface area contributed by atoms with Gasteiger partial charge in [-0.1, -0.05) is 18.7 Å². The number of piperazine rings is 1. The van der Waals surface area contributed by atoms with Gasteiger partial charge in [0.25, 0.3) is 0 Å². The SMILES string of the molecule is C=C(N=CC(/C=N\N(C)c1ccc(F)cc1P)=C(\C)N1CC2CC1C(=O)N(C)CC(OC)Cn1c(C)nc3cc(F)cc(c31)C=N/C(=C\C=C/C)N2)N1CC2CC(C1)N2CCF. The van der Waals surface area contributed by atoms with Crippen LogP contribution in [0.3, 0.4) is 0 Å². The first-order chi connectivity index (χ1) is 29.8. The summed E-state index contributed by atoms with van der Waals surface area (Å²) in [7, 11) is 7.74. The number of aromatic nitrogens is 2. The summed E-state index contributed by atoms with van der Waals surface area (Å²) in [5.74, 6) is 0.942. The van der Waals surface area contributed by atoms with Crippen LogP contribution in [0.1, 0.15) is 38.1 Å². The van der Waals surface area contributed by atoms with Crippen LogP contribution in [-0.4, -0.2) is 145 Å². The van der Waals surface area contributed by atoms with E-state index in [1.54, 1.807) is 55.8 Å². The second-order valence-corrected chi connectivity index (χ2v) is 17.0. The number of carbonyl (C=O) groups is 1. The highest BCUT2D eigenvalue weighted by atomic mass is 31.0. The van der Waals surface area contributed by atoms with Crippen molar-refractivity contribution in [3.05, 3.63) is 101 Å². The number of nitrogens with one attached hydrogen (secondary N) is 1. The average molecular weight is 872 g/mol. The Kier molecular flexibility index (Phi) is 14.0. The van der Waals surface area contributed by atoms with Crippen molar-refractivity contribution in [1.29, 1.82) is 0 Å². The van der Waals surface area contributed by atoms with Crippen molar-refractivity contribution in [2.24, 2.45) is 15.1 Å². The number of aliphatic imine (C=N–C) groups is 2. The normalized spacial score (nSPS) is 24.6. The average Bonchev–Trinajstić information content (AvgIpc) is 3.81. The molecule has 6 unspecified atom stereocenters. The van der Waals surface area contributed by atoms with E-state index in [4.69, 9.17) is 19.8 Å². The lowest BCUT2D eigenvalue weighted by Crippen LogP contribution is -2.68. The number of likely N-dealkylation sites (N-methyl/N-ethyl adjacent to an activating group) is 1. The molecule has 0 radical (unpaired) electrons. The number of imidazole rings is 1. The minimum absolute atomic E-state index is 0.0953. The molecule has 5 aliphatic rings. The van der Waals surface area contributed by atoms with Gasteiger partial charge < -0.3 is 29.3 Å². The van der Waals surface area contributed by atoms with Crippen molar-refractivity contribution in [3.63, 3.8) is 0 Å². The molecule has 6 atom stereocenters. The highest BCUT2D eigenvalue weighted by molar-refractivity contribution is 7.28. The van der Waals surface area contributed by atoms with E-state index in [-0.39, 0.29) is 43.1 Å². The maximum Gasteiger partial charge on any atom is 0.245 e. The summed E-state index contributed by atoms with van der Waals surface area (Å²) in [6.45, 7) is 12.6. The Balaban J connectivity index is 1.26. The van der Waals surface area contributed by atoms with E-state index in [0.717, 1.165) is 17.6 Å². The molecule has 6 heterocycles. The number of methoxy groups -OCH3 is 1. The molecular weight excluding hydrogens is 815 g/mol. The predicted molar refractivity (Wildman–Crippen MR) is 245 cm³/mol. The third-order valence-electron chi connectivity index (χ3n) is 12.3. The number of rotatable bonds is 11. The van der Waals surface area contributed by atoms with Crippen LogP contribution >= 0.6 is 9.24 Å². The van der Waals surface area contributed by atoms with Gasteiger partial charge in [-0.25, -0.2) is 28.1 Å². The highest BCUT2D eigenvalue weighted by Gasteiger charge is 2.44. The number of piperidine rings is 1. The van der Waals surface area contributed by atoms with Gasteiger partial charge in [-0.2, -0.15) is 5.10 Å². The monoisotopic (exact) mass is 871 g/mol. The molecule has 1 N–H and O–H groups in total. The lowest BCUT2D eigenvalue weighted by molar-refractivity contribution is -0.135. The van der Waals surface area contributed by atoms with Crippen molar-refractivity contribution < 1.29 is 22.7 Å². The molecule has 62 heavy (non-hydrogen) atoms. The van der Waals surface area contributed by atoms with E-state index in [9.17, 15) is 13.6 Å². The molecule has 17 heteroatoms. The quantitative estimate of drug-likeness (QED) is 0.160. The number of aryl methyl sites for hydroxylation is 1. The first-order valence-electron chi connectivity index (χ1n) is 21.0. The molecule has 0 spiro atoms. The molecule has 4 bridgehead atoms. The Morgan fingerprint density at radius 1 is 1.10 bits per heavy atom. The van der Waals surface area contributed by atoms with Gasteiger partial charge in [-0.05, 0) is 69.3 Å². The number of likely N-dealkylation sites (tertiary alicyclic amines) is 1. The zero-order valence-electron chi connectivity index (χ0n) is 36.3. The van der Waals surface area contributed by atoms with Crippen LogP contribution in [0.2, 0.25) is 0 Å². The molecule has 4 saturated heterocycles. The third kappa shape index (κ3) is 9.67. The van der Waals surface area contributed by atoms with Crippen LogP contribution < -0.4 is 15.6 Å². The Labute approximate surface area is 364 Å². The summed E-state index contributed by atoms with van der Waals surface area (Å²) in [4.78, 5) is 37.3. The first-order valence-corrected chi connectivity index (χ1v) is 21.5. The van der Waals surface area contributed by atoms with Crippen molar-refractivity contribution >= 4 is 55.8 Å². The second-order valence-electron chi connectivity index (χ2n) is 16.4. The minimum atomic E-state index is -0.593. The van der Waals surface area contributed by atoms with Crippen LogP contribution in [-0.2, 0) is 16.1 Å². The number of allylic oxidation sites excluding steroid dienone is 5. The Bertz CT molecular complexity index is 2350. The minimum Gasteiger partial charge on any atom is -0.378 e. The van der Waals surface area contributed by atoms with E-state index in [0.29, 0.717) is 84.3 Å². The van der Waals surface area contributed by atoms with E-state index in [2.05, 4.69) is 40.8 Å². The maximum absolute atomic E-state index is 15.0. The van der Waals surface area contributed by atoms with Gasteiger partial charge >= 0.3 is 0 Å². The van der Waals surface area contributed by atoms with Gasteiger partial charge in [0.1, 0.15) is 41.8 Å². The number of hydrogen-bond acceptors (Lipinski definition) is 11. The zero-order chi connectivity index (χ0) is 44.2. The molecule has 5 aliphatic heterocycles. The molecule has 3 aromatic rings. The number of fused-ring (bicyclic) bond motifs is 4. The summed E-state index contributed by atoms with van der Waals surface area (Å²) in [5.41, 5.74) is 3.88. The van der Waals surface area contributed by atoms with E-state index >= 15 is 4.39 Å². The smallest absolute Gasteiger partial charge is 0.245 e. The standard InChI is InChI=1S/C45H57F3N11O2P/c1-8-9-10-43-50-20-31-15-34(48)16-39-44(31)59(30(4)52-39)27-38(61-7)26-54(5)45(60)41-18-35(53-43)23-58(41)28(2)32(22-51-55(6)40-12-11-33(47)17-42(40)62)21-49-29(3)56-24-36-19-37(25-56)57(36)14-13-46/h8-12,15-17,20-22,35-38,41,53H,3,13-14,18-19,23-27,62H2,1-2,4-7H3/b9-8-,32-28-,43-10+,49-21?,50-20?,51-22-. The number of ether oxygens (including phenoxy) is 1. The number of hydrogen-bond donors (Lipinski definition) is 1. The molecule has 2 aromatic carbocycles. The summed E-state index contributed by atoms with van der Waals surface area (Å²) in [6.07, 6.45) is 11.8. The summed E-state index contributed by atoms with van der Waals surface area (Å²) in [6, 6.07) is 7.05. The number of carbonyl (C=O) groups excluding carboxylic acids is 1. The van der Waals surface area contributed by atoms with Crippen LogP contribution in [0.15, 0.2) is 93.1 Å². The highest BCUT2D eigenvalue weighted by Crippen LogP contribution is 2.34. The largest absolute Gasteiger partial charge is 0.378 e. The number of alkyl halides is 1. The number of amides is 1. The zero-order valence-corrected chi connectivity index (χ0v) is 37.5. The van der Waals surface area contributed by atoms with Gasteiger partial charge in [0, 0.05) is 107 Å². The second kappa shape index (κ2) is 19.4. The molecular formula is C45H57F3N11O2P. The molecule has 4 fully saturated rings. The van der Waals surface area contributed by atoms with E-state index in [1.165, 1.54) is 24.3 Å². The third-order valence-corrected chi connectivity index (χ3v) is 12.8. The van der Waals surface area contributed by atoms with Crippen LogP contribution in [0, 0.1) is 18.6 Å². The molecule has 330 valence electrons. The first kappa shape index (κ1) is 44.7. The number of nitrogens with zero attached hydrogens (tertiary/aromatic N) is 10. The predicted octanol–water partition coefficient (Wildman–Crippen LogP) is 5.15. The van der Waals surface area contributed by atoms with Crippen LogP contribution in [0.5, 0.6) is 0 Å². The molecule has 0 saturated carbocycles. The van der Waals surface area contributed by atoms with Crippen molar-refractivity contribution in [1.82, 2.24) is 34.5 Å². The Morgan fingerprint density at radius 2 is 1.87 bits per heavy atom. The lowest BCUT2D eigenvalue weighted by Gasteiger charge is -2.56. The molecule has 13 nitrogen and oxygen atoms in total. The van der Waals surface area contributed by atoms with E-state index in [1.807, 2.05) is 43.6 Å². The number of anilines is 1. The topological polar surface area (TPSA) is 109 Å². The maximum atomic E-state index is 15.0. The Hall–Kier alpha value is -5.31. The summed E-state index contributed by atoms with van der Waals surface area (Å²) in [5, 5.41) is 10.7. The number of benzene rings is 2. The summed E-state index contributed by atoms with van der Waals surface area (Å²) < 4.78 is 50.2. The van der Waals surface area contributed by atoms with E-state index < -0.39 is 18.0 Å². The van der Waals surface area contributed by atoms with Crippen molar-refractivity contribution in [2.75, 3.05) is 65.6 Å². The Morgan fingerprint density at radius 3 is 2.58 bits per heavy atom. The number of halogens is 3. The molecule has 0 aliphatic carbocycles. The summed E-state index contributed by atoms with van der Waals surface area (Å²) >= 11 is 0. The van der Waals surface area contributed by atoms with Crippen molar-refractivity contribution in [2.45, 2.75) is 70.4 Å². The van der Waals surface area contributed by atoms with Crippen LogP contribution in [0.25, 0.3) is 11.0 Å². The lowest BCUT2D eigenvalue weighted by atomic mass is 9.87. The number of hydrazone groups is 1. The fourth-order valence-electron chi connectivity index (χ4n) is 8.98. The van der Waals surface area contributed by atoms with Gasteiger partial charge in [-0.3, -0.25) is 14.7 Å². The van der Waals surface area contributed by atoms with Gasteiger partial charge in [0.15, 0.2) is 0 Å². The van der Waals surface area contributed by atoms with Gasteiger partial charge in [-0.15, -0.1) is 9.24 Å². The van der Waals surface area contributed by atoms with Gasteiger partial charge in [0.05, 0.1) is 35.6 Å². The molecule has 1 aromatic heterocycles. The fraction of sp³-hybridized carbons (Fsp3) is 0.444. The fourth-order valence-corrected chi connectivity index (χ4v) is 9.42. The molecule has 1 amide bonds. The molecule has 8 rings (SSSR count). The van der Waals surface area contributed by atoms with Crippen molar-refractivity contribution in [3.8, 4) is 0 Å².